The highest BCUT2D eigenvalue weighted by molar-refractivity contribution is 5.25. The number of nitrogens with zero attached hydrogens (tertiary/aromatic N) is 3. The summed E-state index contributed by atoms with van der Waals surface area (Å²) in [5.41, 5.74) is 6.26. The number of aromatic nitrogens is 3. The molecule has 0 saturated carbocycles. The third-order valence-electron chi connectivity index (χ3n) is 3.05. The number of aryl methyl sites for hydroxylation is 2. The number of hydrogen-bond donors (Lipinski definition) is 2. The van der Waals surface area contributed by atoms with E-state index in [1.54, 1.807) is 4.68 Å². The summed E-state index contributed by atoms with van der Waals surface area (Å²) >= 11 is 0. The summed E-state index contributed by atoms with van der Waals surface area (Å²) in [7, 11) is 1.86. The molecule has 0 bridgehead atoms. The third-order valence-corrected chi connectivity index (χ3v) is 3.05. The molecule has 0 fully saturated rings. The Balaban J connectivity index is 2.12. The Labute approximate surface area is 107 Å². The molecule has 5 heteroatoms. The van der Waals surface area contributed by atoms with Gasteiger partial charge < -0.3 is 0 Å². The number of nitrogens with two attached hydrogens (primary N) is 1. The quantitative estimate of drug-likeness (QED) is 0.612. The Morgan fingerprint density at radius 3 is 2.56 bits per heavy atom. The van der Waals surface area contributed by atoms with Crippen LogP contribution >= 0.6 is 0 Å². The number of nitrogens with one attached hydrogen (secondary N) is 1. The fourth-order valence-corrected chi connectivity index (χ4v) is 1.96. The molecule has 1 unspecified atom stereocenters. The first-order chi connectivity index (χ1) is 8.72. The van der Waals surface area contributed by atoms with Gasteiger partial charge in [0.05, 0.1) is 11.7 Å². The first-order valence-corrected chi connectivity index (χ1v) is 6.13. The fourth-order valence-electron chi connectivity index (χ4n) is 1.96. The number of rotatable bonds is 5. The predicted octanol–water partition coefficient (Wildman–Crippen LogP) is 1.12. The van der Waals surface area contributed by atoms with Crippen molar-refractivity contribution in [3.63, 3.8) is 0 Å². The van der Waals surface area contributed by atoms with E-state index in [1.807, 2.05) is 13.2 Å². The fraction of sp³-hybridized carbons (Fsp3) is 0.385. The standard InChI is InChI=1S/C13H19N5/c1-3-10-4-6-11(7-5-10)13(15-14)8-12-9-18(2)17-16-12/h4-7,9,13,15H,3,8,14H2,1-2H3. The molecule has 1 heterocycles. The van der Waals surface area contributed by atoms with Crippen LogP contribution in [-0.4, -0.2) is 15.0 Å². The Kier molecular flexibility index (Phi) is 4.07. The van der Waals surface area contributed by atoms with Gasteiger partial charge in [0.25, 0.3) is 0 Å². The normalized spacial score (nSPS) is 12.6. The van der Waals surface area contributed by atoms with Crippen molar-refractivity contribution >= 4 is 0 Å². The SMILES string of the molecule is CCc1ccc(C(Cc2cn(C)nn2)NN)cc1. The van der Waals surface area contributed by atoms with Crippen molar-refractivity contribution in [2.75, 3.05) is 0 Å². The second kappa shape index (κ2) is 5.75. The van der Waals surface area contributed by atoms with Crippen LogP contribution in [0, 0.1) is 0 Å². The average Bonchev–Trinajstić information content (AvgIpc) is 2.82. The Bertz CT molecular complexity index is 488. The largest absolute Gasteiger partial charge is 0.271 e. The molecule has 5 nitrogen and oxygen atoms in total. The molecular weight excluding hydrogens is 226 g/mol. The highest BCUT2D eigenvalue weighted by Gasteiger charge is 2.12. The molecular formula is C13H19N5. The number of benzene rings is 1. The lowest BCUT2D eigenvalue weighted by molar-refractivity contribution is 0.545. The summed E-state index contributed by atoms with van der Waals surface area (Å²) in [6, 6.07) is 8.55. The first-order valence-electron chi connectivity index (χ1n) is 6.13. The molecule has 2 aromatic rings. The molecule has 0 aliphatic carbocycles. The van der Waals surface area contributed by atoms with Gasteiger partial charge in [-0.1, -0.05) is 36.4 Å². The molecule has 0 aliphatic rings. The average molecular weight is 245 g/mol. The van der Waals surface area contributed by atoms with E-state index >= 15 is 0 Å². The van der Waals surface area contributed by atoms with E-state index in [2.05, 4.69) is 46.9 Å². The number of hydrazine groups is 1. The van der Waals surface area contributed by atoms with Crippen molar-refractivity contribution in [1.82, 2.24) is 20.4 Å². The maximum absolute atomic E-state index is 5.63. The van der Waals surface area contributed by atoms with Gasteiger partial charge in [0.1, 0.15) is 0 Å². The highest BCUT2D eigenvalue weighted by atomic mass is 15.4. The summed E-state index contributed by atoms with van der Waals surface area (Å²) in [5.74, 6) is 5.63. The van der Waals surface area contributed by atoms with E-state index in [-0.39, 0.29) is 6.04 Å². The highest BCUT2D eigenvalue weighted by Crippen LogP contribution is 2.17. The topological polar surface area (TPSA) is 68.8 Å². The lowest BCUT2D eigenvalue weighted by Crippen LogP contribution is -2.29. The van der Waals surface area contributed by atoms with E-state index < -0.39 is 0 Å². The monoisotopic (exact) mass is 245 g/mol. The molecule has 0 aliphatic heterocycles. The Morgan fingerprint density at radius 2 is 2.06 bits per heavy atom. The van der Waals surface area contributed by atoms with Crippen molar-refractivity contribution in [2.45, 2.75) is 25.8 Å². The van der Waals surface area contributed by atoms with Gasteiger partial charge in [0.15, 0.2) is 0 Å². The molecule has 2 rings (SSSR count). The second-order valence-corrected chi connectivity index (χ2v) is 4.40. The van der Waals surface area contributed by atoms with Gasteiger partial charge in [-0.2, -0.15) is 0 Å². The Morgan fingerprint density at radius 1 is 1.33 bits per heavy atom. The van der Waals surface area contributed by atoms with E-state index in [1.165, 1.54) is 11.1 Å². The molecule has 3 N–H and O–H groups in total. The van der Waals surface area contributed by atoms with Crippen molar-refractivity contribution in [3.8, 4) is 0 Å². The summed E-state index contributed by atoms with van der Waals surface area (Å²) in [4.78, 5) is 0. The maximum Gasteiger partial charge on any atom is 0.0846 e. The van der Waals surface area contributed by atoms with Crippen LogP contribution in [0.15, 0.2) is 30.5 Å². The zero-order valence-electron chi connectivity index (χ0n) is 10.8. The van der Waals surface area contributed by atoms with Crippen molar-refractivity contribution in [2.24, 2.45) is 12.9 Å². The molecule has 18 heavy (non-hydrogen) atoms. The van der Waals surface area contributed by atoms with Crippen LogP contribution in [0.4, 0.5) is 0 Å². The minimum absolute atomic E-state index is 0.0626. The predicted molar refractivity (Wildman–Crippen MR) is 70.6 cm³/mol. The van der Waals surface area contributed by atoms with Crippen LogP contribution in [0.3, 0.4) is 0 Å². The van der Waals surface area contributed by atoms with E-state index in [0.717, 1.165) is 18.5 Å². The van der Waals surface area contributed by atoms with Gasteiger partial charge in [-0.05, 0) is 17.5 Å². The van der Waals surface area contributed by atoms with Gasteiger partial charge in [0, 0.05) is 19.7 Å². The summed E-state index contributed by atoms with van der Waals surface area (Å²) in [6.45, 7) is 2.15. The van der Waals surface area contributed by atoms with E-state index in [9.17, 15) is 0 Å². The van der Waals surface area contributed by atoms with Crippen LogP contribution in [0.2, 0.25) is 0 Å². The Hall–Kier alpha value is -1.72. The smallest absolute Gasteiger partial charge is 0.0846 e. The molecule has 0 amide bonds. The van der Waals surface area contributed by atoms with Gasteiger partial charge in [-0.3, -0.25) is 16.0 Å². The van der Waals surface area contributed by atoms with E-state index in [4.69, 9.17) is 5.84 Å². The molecule has 96 valence electrons. The van der Waals surface area contributed by atoms with Crippen molar-refractivity contribution in [1.29, 1.82) is 0 Å². The second-order valence-electron chi connectivity index (χ2n) is 4.40. The molecule has 1 aromatic heterocycles. The lowest BCUT2D eigenvalue weighted by atomic mass is 10.0. The van der Waals surface area contributed by atoms with Crippen LogP contribution in [0.25, 0.3) is 0 Å². The summed E-state index contributed by atoms with van der Waals surface area (Å²) < 4.78 is 1.70. The van der Waals surface area contributed by atoms with Gasteiger partial charge >= 0.3 is 0 Å². The zero-order valence-corrected chi connectivity index (χ0v) is 10.8. The molecule has 0 spiro atoms. The first kappa shape index (κ1) is 12.7. The van der Waals surface area contributed by atoms with Crippen molar-refractivity contribution < 1.29 is 0 Å². The minimum Gasteiger partial charge on any atom is -0.271 e. The van der Waals surface area contributed by atoms with E-state index in [0.29, 0.717) is 0 Å². The summed E-state index contributed by atoms with van der Waals surface area (Å²) in [6.07, 6.45) is 3.69. The molecule has 0 saturated heterocycles. The zero-order chi connectivity index (χ0) is 13.0. The lowest BCUT2D eigenvalue weighted by Gasteiger charge is -2.15. The molecule has 1 aromatic carbocycles. The van der Waals surface area contributed by atoms with Crippen LogP contribution in [-0.2, 0) is 19.9 Å². The van der Waals surface area contributed by atoms with Crippen LogP contribution in [0.1, 0.15) is 29.8 Å². The minimum atomic E-state index is 0.0626. The summed E-state index contributed by atoms with van der Waals surface area (Å²) in [5, 5.41) is 8.00. The van der Waals surface area contributed by atoms with Gasteiger partial charge in [0.2, 0.25) is 0 Å². The third kappa shape index (κ3) is 2.94. The van der Waals surface area contributed by atoms with Crippen LogP contribution < -0.4 is 11.3 Å². The van der Waals surface area contributed by atoms with Crippen LogP contribution in [0.5, 0.6) is 0 Å². The molecule has 1 atom stereocenters. The van der Waals surface area contributed by atoms with Crippen molar-refractivity contribution in [3.05, 3.63) is 47.3 Å². The van der Waals surface area contributed by atoms with Gasteiger partial charge in [-0.25, -0.2) is 0 Å². The number of hydrogen-bond acceptors (Lipinski definition) is 4. The molecule has 0 radical (unpaired) electrons. The maximum atomic E-state index is 5.63. The van der Waals surface area contributed by atoms with Gasteiger partial charge in [-0.15, -0.1) is 5.10 Å².